The van der Waals surface area contributed by atoms with Gasteiger partial charge in [0, 0.05) is 23.7 Å². The predicted octanol–water partition coefficient (Wildman–Crippen LogP) is 4.82. The summed E-state index contributed by atoms with van der Waals surface area (Å²) >= 11 is 8.83. The molecule has 0 spiro atoms. The van der Waals surface area contributed by atoms with E-state index >= 15 is 0 Å². The number of aromatic nitrogens is 1. The Hall–Kier alpha value is -1.13. The van der Waals surface area contributed by atoms with Crippen molar-refractivity contribution in [2.45, 2.75) is 12.8 Å². The Morgan fingerprint density at radius 1 is 1.33 bits per heavy atom. The van der Waals surface area contributed by atoms with Crippen LogP contribution in [0.2, 0.25) is 0 Å². The molecule has 0 bridgehead atoms. The fraction of sp³-hybridized carbons (Fsp3) is 0.154. The van der Waals surface area contributed by atoms with Gasteiger partial charge in [-0.15, -0.1) is 11.6 Å². The Balaban J connectivity index is 2.23. The van der Waals surface area contributed by atoms with Crippen LogP contribution in [-0.4, -0.2) is 4.98 Å². The molecule has 2 rings (SSSR count). The van der Waals surface area contributed by atoms with Crippen LogP contribution in [0.3, 0.4) is 0 Å². The molecule has 0 amide bonds. The lowest BCUT2D eigenvalue weighted by molar-refractivity contribution is 0.456. The van der Waals surface area contributed by atoms with E-state index in [9.17, 15) is 4.39 Å². The van der Waals surface area contributed by atoms with Crippen LogP contribution in [0.4, 0.5) is 4.39 Å². The number of nitrogens with zero attached hydrogens (tertiary/aromatic N) is 1. The summed E-state index contributed by atoms with van der Waals surface area (Å²) in [5, 5.41) is 0. The molecule has 0 saturated carbocycles. The van der Waals surface area contributed by atoms with Gasteiger partial charge in [0.05, 0.1) is 4.47 Å². The largest absolute Gasteiger partial charge is 0.439 e. The zero-order valence-corrected chi connectivity index (χ0v) is 11.9. The number of pyridine rings is 1. The molecule has 0 unspecified atom stereocenters. The average Bonchev–Trinajstić information content (AvgIpc) is 2.34. The van der Waals surface area contributed by atoms with Crippen molar-refractivity contribution in [3.8, 4) is 11.6 Å². The normalized spacial score (nSPS) is 10.4. The van der Waals surface area contributed by atoms with Gasteiger partial charge in [-0.2, -0.15) is 0 Å². The van der Waals surface area contributed by atoms with Crippen LogP contribution in [0.25, 0.3) is 0 Å². The molecule has 0 saturated heterocycles. The second-order valence-corrected chi connectivity index (χ2v) is 4.83. The van der Waals surface area contributed by atoms with E-state index < -0.39 is 0 Å². The lowest BCUT2D eigenvalue weighted by Crippen LogP contribution is -1.94. The molecule has 1 heterocycles. The lowest BCUT2D eigenvalue weighted by Gasteiger charge is -2.07. The van der Waals surface area contributed by atoms with Gasteiger partial charge >= 0.3 is 0 Å². The minimum Gasteiger partial charge on any atom is -0.439 e. The third-order valence-corrected chi connectivity index (χ3v) is 3.36. The number of halogens is 3. The highest BCUT2D eigenvalue weighted by atomic mass is 79.9. The molecule has 0 aliphatic carbocycles. The summed E-state index contributed by atoms with van der Waals surface area (Å²) in [6.07, 6.45) is 0. The summed E-state index contributed by atoms with van der Waals surface area (Å²) < 4.78 is 19.2. The summed E-state index contributed by atoms with van der Waals surface area (Å²) in [7, 11) is 0. The van der Waals surface area contributed by atoms with Crippen LogP contribution in [0.5, 0.6) is 11.6 Å². The zero-order chi connectivity index (χ0) is 13.1. The molecule has 0 atom stereocenters. The first-order chi connectivity index (χ1) is 8.60. The molecule has 2 nitrogen and oxygen atoms in total. The SMILES string of the molecule is Cc1nc(Oc2ccc(Br)c(F)c2)ccc1CCl. The van der Waals surface area contributed by atoms with Crippen molar-refractivity contribution in [2.24, 2.45) is 0 Å². The van der Waals surface area contributed by atoms with Gasteiger partial charge in [-0.05, 0) is 40.5 Å². The smallest absolute Gasteiger partial charge is 0.219 e. The Bertz CT molecular complexity index is 577. The van der Waals surface area contributed by atoms with Crippen LogP contribution in [-0.2, 0) is 5.88 Å². The topological polar surface area (TPSA) is 22.1 Å². The monoisotopic (exact) mass is 329 g/mol. The Morgan fingerprint density at radius 3 is 2.72 bits per heavy atom. The first kappa shape index (κ1) is 13.3. The minimum atomic E-state index is -0.374. The van der Waals surface area contributed by atoms with Gasteiger partial charge in [0.25, 0.3) is 0 Å². The Kier molecular flexibility index (Phi) is 4.19. The van der Waals surface area contributed by atoms with E-state index in [1.807, 2.05) is 13.0 Å². The highest BCUT2D eigenvalue weighted by Gasteiger charge is 2.05. The van der Waals surface area contributed by atoms with Gasteiger partial charge in [0.15, 0.2) is 0 Å². The molecule has 1 aromatic heterocycles. The maximum atomic E-state index is 13.3. The van der Waals surface area contributed by atoms with E-state index in [4.69, 9.17) is 16.3 Å². The van der Waals surface area contributed by atoms with E-state index in [2.05, 4.69) is 20.9 Å². The molecule has 0 N–H and O–H groups in total. The summed E-state index contributed by atoms with van der Waals surface area (Å²) in [5.41, 5.74) is 1.76. The second-order valence-electron chi connectivity index (χ2n) is 3.71. The van der Waals surface area contributed by atoms with Crippen molar-refractivity contribution >= 4 is 27.5 Å². The van der Waals surface area contributed by atoms with Crippen molar-refractivity contribution in [3.63, 3.8) is 0 Å². The molecule has 2 aromatic rings. The quantitative estimate of drug-likeness (QED) is 0.753. The van der Waals surface area contributed by atoms with Gasteiger partial charge in [-0.1, -0.05) is 6.07 Å². The van der Waals surface area contributed by atoms with Crippen LogP contribution >= 0.6 is 27.5 Å². The van der Waals surface area contributed by atoms with Gasteiger partial charge in [-0.25, -0.2) is 9.37 Å². The van der Waals surface area contributed by atoms with Gasteiger partial charge in [0.2, 0.25) is 5.88 Å². The Morgan fingerprint density at radius 2 is 2.11 bits per heavy atom. The molecule has 0 radical (unpaired) electrons. The number of aryl methyl sites for hydroxylation is 1. The first-order valence-electron chi connectivity index (χ1n) is 5.25. The van der Waals surface area contributed by atoms with Crippen LogP contribution < -0.4 is 4.74 Å². The van der Waals surface area contributed by atoms with Crippen LogP contribution in [0.1, 0.15) is 11.3 Å². The second kappa shape index (κ2) is 5.67. The first-order valence-corrected chi connectivity index (χ1v) is 6.58. The Labute approximate surface area is 118 Å². The zero-order valence-electron chi connectivity index (χ0n) is 9.58. The van der Waals surface area contributed by atoms with Crippen LogP contribution in [0.15, 0.2) is 34.8 Å². The number of benzene rings is 1. The lowest BCUT2D eigenvalue weighted by atomic mass is 10.2. The standard InChI is InChI=1S/C13H10BrClFNO/c1-8-9(7-15)2-5-13(17-8)18-10-3-4-11(14)12(16)6-10/h2-6H,7H2,1H3. The van der Waals surface area contributed by atoms with Gasteiger partial charge in [0.1, 0.15) is 11.6 Å². The number of ether oxygens (including phenoxy) is 1. The third-order valence-electron chi connectivity index (χ3n) is 2.43. The summed E-state index contributed by atoms with van der Waals surface area (Å²) in [6, 6.07) is 8.12. The van der Waals surface area contributed by atoms with E-state index in [1.165, 1.54) is 6.07 Å². The summed E-state index contributed by atoms with van der Waals surface area (Å²) in [4.78, 5) is 4.25. The van der Waals surface area contributed by atoms with E-state index in [1.54, 1.807) is 18.2 Å². The number of hydrogen-bond donors (Lipinski definition) is 0. The maximum absolute atomic E-state index is 13.3. The number of alkyl halides is 1. The summed E-state index contributed by atoms with van der Waals surface area (Å²) in [5.74, 6) is 0.859. The fourth-order valence-electron chi connectivity index (χ4n) is 1.43. The number of rotatable bonds is 3. The minimum absolute atomic E-state index is 0.374. The average molecular weight is 331 g/mol. The van der Waals surface area contributed by atoms with Gasteiger partial charge < -0.3 is 4.74 Å². The molecular weight excluding hydrogens is 321 g/mol. The highest BCUT2D eigenvalue weighted by Crippen LogP contribution is 2.25. The molecule has 0 aliphatic rings. The van der Waals surface area contributed by atoms with Gasteiger partial charge in [-0.3, -0.25) is 0 Å². The molecule has 94 valence electrons. The third kappa shape index (κ3) is 3.00. The predicted molar refractivity (Wildman–Crippen MR) is 72.7 cm³/mol. The molecule has 5 heteroatoms. The molecule has 0 fully saturated rings. The number of hydrogen-bond acceptors (Lipinski definition) is 2. The van der Waals surface area contributed by atoms with Crippen molar-refractivity contribution in [1.29, 1.82) is 0 Å². The molecular formula is C13H10BrClFNO. The van der Waals surface area contributed by atoms with Crippen LogP contribution in [0, 0.1) is 12.7 Å². The summed E-state index contributed by atoms with van der Waals surface area (Å²) in [6.45, 7) is 1.85. The molecule has 18 heavy (non-hydrogen) atoms. The molecule has 1 aromatic carbocycles. The van der Waals surface area contributed by atoms with Crippen molar-refractivity contribution < 1.29 is 9.13 Å². The van der Waals surface area contributed by atoms with E-state index in [0.717, 1.165) is 11.3 Å². The fourth-order valence-corrected chi connectivity index (χ4v) is 1.96. The van der Waals surface area contributed by atoms with Crippen molar-refractivity contribution in [2.75, 3.05) is 0 Å². The van der Waals surface area contributed by atoms with E-state index in [0.29, 0.717) is 22.0 Å². The maximum Gasteiger partial charge on any atom is 0.219 e. The van der Waals surface area contributed by atoms with Crippen molar-refractivity contribution in [1.82, 2.24) is 4.98 Å². The van der Waals surface area contributed by atoms with E-state index in [-0.39, 0.29) is 5.82 Å². The highest BCUT2D eigenvalue weighted by molar-refractivity contribution is 9.10. The molecule has 0 aliphatic heterocycles. The van der Waals surface area contributed by atoms with Crippen molar-refractivity contribution in [3.05, 3.63) is 51.9 Å².